The lowest BCUT2D eigenvalue weighted by molar-refractivity contribution is 0.374. The predicted molar refractivity (Wildman–Crippen MR) is 117 cm³/mol. The van der Waals surface area contributed by atoms with Gasteiger partial charge in [-0.3, -0.25) is 0 Å². The lowest BCUT2D eigenvalue weighted by atomic mass is 10.3. The molecule has 0 saturated heterocycles. The van der Waals surface area contributed by atoms with E-state index in [0.29, 0.717) is 5.89 Å². The highest BCUT2D eigenvalue weighted by atomic mass is 32.2. The van der Waals surface area contributed by atoms with E-state index in [-0.39, 0.29) is 5.25 Å². The van der Waals surface area contributed by atoms with Crippen molar-refractivity contribution in [3.8, 4) is 0 Å². The van der Waals surface area contributed by atoms with Crippen molar-refractivity contribution in [3.05, 3.63) is 41.8 Å². The molecule has 0 N–H and O–H groups in total. The summed E-state index contributed by atoms with van der Waals surface area (Å²) in [5, 5.41) is 13.8. The zero-order valence-corrected chi connectivity index (χ0v) is 19.0. The third-order valence-electron chi connectivity index (χ3n) is 4.30. The van der Waals surface area contributed by atoms with Crippen LogP contribution < -0.4 is 0 Å². The standard InChI is InChI=1S/C19H22N6OS3/c1-4-8-15-21-17(26-24-15)12(3)28-18-23-22-16(25(18)5-2)11-27-19-20-13-9-6-7-10-14(13)29-19/h6-7,9-10,12H,4-5,8,11H2,1-3H3/t12-/m0/s1. The molecule has 3 heterocycles. The number of fused-ring (bicyclic) bond motifs is 1. The summed E-state index contributed by atoms with van der Waals surface area (Å²) in [7, 11) is 0. The Balaban J connectivity index is 1.44. The summed E-state index contributed by atoms with van der Waals surface area (Å²) in [6, 6.07) is 8.21. The van der Waals surface area contributed by atoms with E-state index >= 15 is 0 Å². The molecule has 0 fully saturated rings. The Hall–Kier alpha value is -1.91. The number of hydrogen-bond donors (Lipinski definition) is 0. The van der Waals surface area contributed by atoms with Crippen LogP contribution in [0.5, 0.6) is 0 Å². The van der Waals surface area contributed by atoms with Crippen LogP contribution >= 0.6 is 34.9 Å². The van der Waals surface area contributed by atoms with Crippen molar-refractivity contribution in [1.29, 1.82) is 0 Å². The lowest BCUT2D eigenvalue weighted by Gasteiger charge is -2.08. The first-order valence-corrected chi connectivity index (χ1v) is 12.3. The van der Waals surface area contributed by atoms with Crippen LogP contribution in [0.4, 0.5) is 0 Å². The van der Waals surface area contributed by atoms with E-state index in [4.69, 9.17) is 4.52 Å². The maximum Gasteiger partial charge on any atom is 0.239 e. The molecule has 0 bridgehead atoms. The first-order chi connectivity index (χ1) is 14.2. The zero-order chi connectivity index (χ0) is 20.2. The first kappa shape index (κ1) is 20.4. The smallest absolute Gasteiger partial charge is 0.239 e. The molecule has 4 rings (SSSR count). The van der Waals surface area contributed by atoms with Crippen LogP contribution in [0.2, 0.25) is 0 Å². The lowest BCUT2D eigenvalue weighted by Crippen LogP contribution is -2.03. The summed E-state index contributed by atoms with van der Waals surface area (Å²) >= 11 is 5.01. The van der Waals surface area contributed by atoms with Gasteiger partial charge in [0.25, 0.3) is 0 Å². The summed E-state index contributed by atoms with van der Waals surface area (Å²) < 4.78 is 9.82. The van der Waals surface area contributed by atoms with Crippen molar-refractivity contribution in [1.82, 2.24) is 29.9 Å². The largest absolute Gasteiger partial charge is 0.338 e. The average Bonchev–Trinajstić information content (AvgIpc) is 3.44. The molecule has 1 atom stereocenters. The molecule has 29 heavy (non-hydrogen) atoms. The number of thiazole rings is 1. The van der Waals surface area contributed by atoms with Gasteiger partial charge < -0.3 is 9.09 Å². The van der Waals surface area contributed by atoms with Crippen LogP contribution in [0.15, 0.2) is 38.3 Å². The molecule has 0 aliphatic heterocycles. The molecule has 0 aliphatic carbocycles. The number of benzene rings is 1. The molecule has 7 nitrogen and oxygen atoms in total. The van der Waals surface area contributed by atoms with Gasteiger partial charge >= 0.3 is 0 Å². The Labute approximate surface area is 181 Å². The summed E-state index contributed by atoms with van der Waals surface area (Å²) in [6.45, 7) is 7.07. The van der Waals surface area contributed by atoms with Gasteiger partial charge in [0.2, 0.25) is 5.89 Å². The van der Waals surface area contributed by atoms with E-state index < -0.39 is 0 Å². The first-order valence-electron chi connectivity index (χ1n) is 9.57. The minimum atomic E-state index is 0.0207. The maximum absolute atomic E-state index is 5.42. The third-order valence-corrected chi connectivity index (χ3v) is 7.54. The van der Waals surface area contributed by atoms with Crippen molar-refractivity contribution >= 4 is 45.1 Å². The molecular formula is C19H22N6OS3. The molecule has 0 spiro atoms. The zero-order valence-electron chi connectivity index (χ0n) is 16.5. The van der Waals surface area contributed by atoms with Crippen molar-refractivity contribution in [2.24, 2.45) is 0 Å². The minimum Gasteiger partial charge on any atom is -0.338 e. The van der Waals surface area contributed by atoms with E-state index in [1.165, 1.54) is 4.70 Å². The van der Waals surface area contributed by atoms with Gasteiger partial charge in [-0.25, -0.2) is 4.98 Å². The van der Waals surface area contributed by atoms with E-state index in [9.17, 15) is 0 Å². The van der Waals surface area contributed by atoms with Gasteiger partial charge in [-0.2, -0.15) is 4.98 Å². The molecule has 0 radical (unpaired) electrons. The Morgan fingerprint density at radius 1 is 1.17 bits per heavy atom. The molecule has 4 aromatic rings. The third kappa shape index (κ3) is 4.65. The molecule has 1 aromatic carbocycles. The molecule has 152 valence electrons. The number of nitrogens with zero attached hydrogens (tertiary/aromatic N) is 6. The van der Waals surface area contributed by atoms with Crippen LogP contribution in [0, 0.1) is 0 Å². The number of aryl methyl sites for hydroxylation is 1. The second kappa shape index (κ2) is 9.27. The summed E-state index contributed by atoms with van der Waals surface area (Å²) in [4.78, 5) is 9.17. The summed E-state index contributed by atoms with van der Waals surface area (Å²) in [5.74, 6) is 3.08. The molecular weight excluding hydrogens is 424 g/mol. The molecule has 0 amide bonds. The van der Waals surface area contributed by atoms with Gasteiger partial charge in [-0.05, 0) is 32.4 Å². The molecule has 10 heteroatoms. The Bertz CT molecular complexity index is 1060. The second-order valence-electron chi connectivity index (χ2n) is 6.44. The second-order valence-corrected chi connectivity index (χ2v) is 10.00. The van der Waals surface area contributed by atoms with Crippen molar-refractivity contribution in [2.45, 2.75) is 60.7 Å². The van der Waals surface area contributed by atoms with Gasteiger partial charge in [-0.15, -0.1) is 21.5 Å². The fourth-order valence-electron chi connectivity index (χ4n) is 2.84. The number of rotatable bonds is 9. The number of thioether (sulfide) groups is 2. The number of para-hydroxylation sites is 1. The van der Waals surface area contributed by atoms with Crippen LogP contribution in [0.1, 0.15) is 50.0 Å². The highest BCUT2D eigenvalue weighted by molar-refractivity contribution is 8.00. The maximum atomic E-state index is 5.42. The van der Waals surface area contributed by atoms with E-state index in [0.717, 1.165) is 51.8 Å². The monoisotopic (exact) mass is 446 g/mol. The van der Waals surface area contributed by atoms with Gasteiger partial charge in [0.05, 0.1) is 21.2 Å². The number of aromatic nitrogens is 6. The Morgan fingerprint density at radius 2 is 2.03 bits per heavy atom. The summed E-state index contributed by atoms with van der Waals surface area (Å²) in [5.41, 5.74) is 1.05. The highest BCUT2D eigenvalue weighted by Gasteiger charge is 2.20. The minimum absolute atomic E-state index is 0.0207. The normalized spacial score (nSPS) is 12.7. The van der Waals surface area contributed by atoms with Gasteiger partial charge in [0.1, 0.15) is 5.82 Å². The van der Waals surface area contributed by atoms with Crippen LogP contribution in [-0.2, 0) is 18.7 Å². The quantitative estimate of drug-likeness (QED) is 0.317. The molecule has 3 aromatic heterocycles. The van der Waals surface area contributed by atoms with Crippen molar-refractivity contribution in [2.75, 3.05) is 0 Å². The van der Waals surface area contributed by atoms with Crippen molar-refractivity contribution in [3.63, 3.8) is 0 Å². The van der Waals surface area contributed by atoms with Gasteiger partial charge in [0.15, 0.2) is 15.3 Å². The predicted octanol–water partition coefficient (Wildman–Crippen LogP) is 5.39. The molecule has 0 aliphatic rings. The molecule has 0 saturated carbocycles. The SMILES string of the molecule is CCCc1noc([C@H](C)Sc2nnc(CSc3nc4ccccc4s3)n2CC)n1. The molecule has 0 unspecified atom stereocenters. The van der Waals surface area contributed by atoms with Crippen LogP contribution in [-0.4, -0.2) is 29.9 Å². The fourth-order valence-corrected chi connectivity index (χ4v) is 5.81. The van der Waals surface area contributed by atoms with E-state index in [1.54, 1.807) is 34.9 Å². The topological polar surface area (TPSA) is 82.5 Å². The van der Waals surface area contributed by atoms with Crippen molar-refractivity contribution < 1.29 is 4.52 Å². The fraction of sp³-hybridized carbons (Fsp3) is 0.421. The van der Waals surface area contributed by atoms with Crippen LogP contribution in [0.3, 0.4) is 0 Å². The average molecular weight is 447 g/mol. The summed E-state index contributed by atoms with van der Waals surface area (Å²) in [6.07, 6.45) is 1.83. The van der Waals surface area contributed by atoms with Gasteiger partial charge in [0, 0.05) is 13.0 Å². The van der Waals surface area contributed by atoms with E-state index in [2.05, 4.69) is 56.7 Å². The van der Waals surface area contributed by atoms with E-state index in [1.807, 2.05) is 18.2 Å². The Kier molecular flexibility index (Phi) is 6.51. The highest BCUT2D eigenvalue weighted by Crippen LogP contribution is 2.35. The number of hydrogen-bond acceptors (Lipinski definition) is 9. The van der Waals surface area contributed by atoms with Crippen LogP contribution in [0.25, 0.3) is 10.2 Å². The Morgan fingerprint density at radius 3 is 2.83 bits per heavy atom. The van der Waals surface area contributed by atoms with Gasteiger partial charge in [-0.1, -0.05) is 47.7 Å².